The van der Waals surface area contributed by atoms with Crippen molar-refractivity contribution in [2.45, 2.75) is 71.3 Å². The first-order valence-electron chi connectivity index (χ1n) is 8.18. The van der Waals surface area contributed by atoms with Crippen LogP contribution in [0.5, 0.6) is 0 Å². The summed E-state index contributed by atoms with van der Waals surface area (Å²) < 4.78 is 0. The van der Waals surface area contributed by atoms with Gasteiger partial charge in [-0.3, -0.25) is 4.98 Å². The predicted octanol–water partition coefficient (Wildman–Crippen LogP) is 4.15. The molecule has 1 fully saturated rings. The summed E-state index contributed by atoms with van der Waals surface area (Å²) in [6, 6.07) is 4.22. The topological polar surface area (TPSA) is 33.1 Å². The highest BCUT2D eigenvalue weighted by Crippen LogP contribution is 2.35. The van der Waals surface area contributed by atoms with Gasteiger partial charge in [0, 0.05) is 18.3 Å². The molecule has 0 spiro atoms. The van der Waals surface area contributed by atoms with E-state index in [1.807, 2.05) is 6.20 Å². The van der Waals surface area contributed by atoms with E-state index < -0.39 is 5.60 Å². The molecule has 0 saturated heterocycles. The van der Waals surface area contributed by atoms with E-state index in [1.54, 1.807) is 0 Å². The number of aromatic nitrogens is 1. The fraction of sp³-hybridized carbons (Fsp3) is 0.722. The number of pyridine rings is 1. The van der Waals surface area contributed by atoms with Crippen LogP contribution in [0.3, 0.4) is 0 Å². The smallest absolute Gasteiger partial charge is 0.0703 e. The maximum Gasteiger partial charge on any atom is 0.0703 e. The average Bonchev–Trinajstić information content (AvgIpc) is 2.62. The Bertz CT molecular complexity index is 412. The first-order chi connectivity index (χ1) is 9.52. The van der Waals surface area contributed by atoms with Crippen LogP contribution in [-0.2, 0) is 12.8 Å². The molecule has 2 unspecified atom stereocenters. The van der Waals surface area contributed by atoms with E-state index in [9.17, 15) is 5.11 Å². The van der Waals surface area contributed by atoms with Crippen molar-refractivity contribution in [1.29, 1.82) is 0 Å². The molecule has 1 heterocycles. The molecule has 1 aliphatic carbocycles. The monoisotopic (exact) mass is 275 g/mol. The Labute approximate surface area is 123 Å². The number of hydrogen-bond donors (Lipinski definition) is 1. The summed E-state index contributed by atoms with van der Waals surface area (Å²) in [6.07, 6.45) is 9.10. The summed E-state index contributed by atoms with van der Waals surface area (Å²) in [5.41, 5.74) is 1.76. The predicted molar refractivity (Wildman–Crippen MR) is 83.7 cm³/mol. The molecule has 0 aromatic carbocycles. The van der Waals surface area contributed by atoms with E-state index in [4.69, 9.17) is 0 Å². The Morgan fingerprint density at radius 1 is 1.30 bits per heavy atom. The molecule has 1 saturated carbocycles. The Morgan fingerprint density at radius 3 is 2.70 bits per heavy atom. The SMILES string of the molecule is CCc1ccc(CC2(O)CCCC(C(C)C)CC2)nc1. The van der Waals surface area contributed by atoms with Gasteiger partial charge in [-0.25, -0.2) is 0 Å². The van der Waals surface area contributed by atoms with Gasteiger partial charge in [0.25, 0.3) is 0 Å². The molecule has 1 aromatic rings. The minimum Gasteiger partial charge on any atom is -0.389 e. The van der Waals surface area contributed by atoms with Crippen LogP contribution >= 0.6 is 0 Å². The van der Waals surface area contributed by atoms with Crippen molar-refractivity contribution in [3.63, 3.8) is 0 Å². The second-order valence-electron chi connectivity index (χ2n) is 6.85. The number of nitrogens with zero attached hydrogens (tertiary/aromatic N) is 1. The summed E-state index contributed by atoms with van der Waals surface area (Å²) in [5.74, 6) is 1.51. The summed E-state index contributed by atoms with van der Waals surface area (Å²) in [4.78, 5) is 4.51. The molecular weight excluding hydrogens is 246 g/mol. The minimum absolute atomic E-state index is 0.537. The van der Waals surface area contributed by atoms with E-state index in [1.165, 1.54) is 12.0 Å². The van der Waals surface area contributed by atoms with Crippen molar-refractivity contribution in [2.24, 2.45) is 11.8 Å². The molecular formula is C18H29NO. The Balaban J connectivity index is 1.99. The van der Waals surface area contributed by atoms with Crippen molar-refractivity contribution in [1.82, 2.24) is 4.98 Å². The number of aryl methyl sites for hydroxylation is 1. The number of aliphatic hydroxyl groups is 1. The molecule has 1 aromatic heterocycles. The van der Waals surface area contributed by atoms with E-state index in [-0.39, 0.29) is 0 Å². The fourth-order valence-corrected chi connectivity index (χ4v) is 3.37. The van der Waals surface area contributed by atoms with Crippen LogP contribution in [0.15, 0.2) is 18.3 Å². The molecule has 0 aliphatic heterocycles. The molecule has 1 aliphatic rings. The van der Waals surface area contributed by atoms with Gasteiger partial charge < -0.3 is 5.11 Å². The third kappa shape index (κ3) is 4.05. The second kappa shape index (κ2) is 6.71. The molecule has 2 heteroatoms. The van der Waals surface area contributed by atoms with Gasteiger partial charge in [-0.2, -0.15) is 0 Å². The van der Waals surface area contributed by atoms with Crippen LogP contribution in [0.2, 0.25) is 0 Å². The van der Waals surface area contributed by atoms with Crippen molar-refractivity contribution >= 4 is 0 Å². The summed E-state index contributed by atoms with van der Waals surface area (Å²) >= 11 is 0. The zero-order chi connectivity index (χ0) is 14.6. The molecule has 2 nitrogen and oxygen atoms in total. The molecule has 0 radical (unpaired) electrons. The largest absolute Gasteiger partial charge is 0.389 e. The lowest BCUT2D eigenvalue weighted by atomic mass is 9.86. The van der Waals surface area contributed by atoms with E-state index in [0.29, 0.717) is 6.42 Å². The van der Waals surface area contributed by atoms with Gasteiger partial charge >= 0.3 is 0 Å². The quantitative estimate of drug-likeness (QED) is 0.837. The maximum absolute atomic E-state index is 10.9. The first kappa shape index (κ1) is 15.5. The minimum atomic E-state index is -0.537. The highest BCUT2D eigenvalue weighted by atomic mass is 16.3. The molecule has 1 N–H and O–H groups in total. The third-order valence-electron chi connectivity index (χ3n) is 4.94. The Hall–Kier alpha value is -0.890. The normalized spacial score (nSPS) is 27.6. The molecule has 2 rings (SSSR count). The van der Waals surface area contributed by atoms with Crippen LogP contribution in [0.1, 0.15) is 64.1 Å². The molecule has 112 valence electrons. The van der Waals surface area contributed by atoms with Gasteiger partial charge in [0.2, 0.25) is 0 Å². The third-order valence-corrected chi connectivity index (χ3v) is 4.94. The van der Waals surface area contributed by atoms with Crippen molar-refractivity contribution in [3.05, 3.63) is 29.6 Å². The highest BCUT2D eigenvalue weighted by Gasteiger charge is 2.32. The van der Waals surface area contributed by atoms with Gasteiger partial charge in [-0.1, -0.05) is 39.7 Å². The van der Waals surface area contributed by atoms with Gasteiger partial charge in [-0.05, 0) is 49.1 Å². The molecule has 2 atom stereocenters. The molecule has 0 amide bonds. The van der Waals surface area contributed by atoms with Crippen molar-refractivity contribution < 1.29 is 5.11 Å². The van der Waals surface area contributed by atoms with Gasteiger partial charge in [0.05, 0.1) is 5.60 Å². The van der Waals surface area contributed by atoms with E-state index >= 15 is 0 Å². The van der Waals surface area contributed by atoms with Gasteiger partial charge in [-0.15, -0.1) is 0 Å². The van der Waals surface area contributed by atoms with Crippen LogP contribution in [0, 0.1) is 11.8 Å². The summed E-state index contributed by atoms with van der Waals surface area (Å²) in [5, 5.41) is 10.9. The number of rotatable bonds is 4. The maximum atomic E-state index is 10.9. The standard InChI is InChI=1S/C18H29NO/c1-4-15-7-8-17(19-13-15)12-18(20)10-5-6-16(9-11-18)14(2)3/h7-8,13-14,16,20H,4-6,9-12H2,1-3H3. The van der Waals surface area contributed by atoms with Gasteiger partial charge in [0.1, 0.15) is 0 Å². The molecule has 0 bridgehead atoms. The Morgan fingerprint density at radius 2 is 2.10 bits per heavy atom. The van der Waals surface area contributed by atoms with Gasteiger partial charge in [0.15, 0.2) is 0 Å². The van der Waals surface area contributed by atoms with Crippen LogP contribution in [-0.4, -0.2) is 15.7 Å². The average molecular weight is 275 g/mol. The van der Waals surface area contributed by atoms with E-state index in [0.717, 1.165) is 49.6 Å². The first-order valence-corrected chi connectivity index (χ1v) is 8.18. The summed E-state index contributed by atoms with van der Waals surface area (Å²) in [7, 11) is 0. The van der Waals surface area contributed by atoms with Crippen molar-refractivity contribution in [2.75, 3.05) is 0 Å². The lowest BCUT2D eigenvalue weighted by molar-refractivity contribution is 0.0228. The van der Waals surface area contributed by atoms with Crippen LogP contribution in [0.4, 0.5) is 0 Å². The fourth-order valence-electron chi connectivity index (χ4n) is 3.37. The Kier molecular flexibility index (Phi) is 5.20. The highest BCUT2D eigenvalue weighted by molar-refractivity contribution is 5.15. The second-order valence-corrected chi connectivity index (χ2v) is 6.85. The number of hydrogen-bond acceptors (Lipinski definition) is 2. The van der Waals surface area contributed by atoms with Crippen molar-refractivity contribution in [3.8, 4) is 0 Å². The zero-order valence-corrected chi connectivity index (χ0v) is 13.2. The van der Waals surface area contributed by atoms with E-state index in [2.05, 4.69) is 37.9 Å². The lowest BCUT2D eigenvalue weighted by Gasteiger charge is -2.27. The summed E-state index contributed by atoms with van der Waals surface area (Å²) in [6.45, 7) is 6.75. The molecule has 20 heavy (non-hydrogen) atoms. The van der Waals surface area contributed by atoms with Crippen LogP contribution in [0.25, 0.3) is 0 Å². The van der Waals surface area contributed by atoms with Crippen LogP contribution < -0.4 is 0 Å². The lowest BCUT2D eigenvalue weighted by Crippen LogP contribution is -2.31. The zero-order valence-electron chi connectivity index (χ0n) is 13.2.